The minimum atomic E-state index is -3.20. The van der Waals surface area contributed by atoms with Crippen LogP contribution in [0.5, 0.6) is 5.75 Å². The number of halogens is 1. The molecule has 0 atom stereocenters. The summed E-state index contributed by atoms with van der Waals surface area (Å²) in [5.41, 5.74) is 4.13. The molecule has 0 radical (unpaired) electrons. The molecule has 132 valence electrons. The van der Waals surface area contributed by atoms with E-state index in [0.29, 0.717) is 4.90 Å². The lowest BCUT2D eigenvalue weighted by molar-refractivity contribution is 0.386. The lowest BCUT2D eigenvalue weighted by Crippen LogP contribution is -2.03. The van der Waals surface area contributed by atoms with Gasteiger partial charge in [0.05, 0.1) is 17.8 Å². The number of ether oxygens (including phenoxy) is 1. The fourth-order valence-electron chi connectivity index (χ4n) is 3.27. The Hall–Kier alpha value is -2.14. The van der Waals surface area contributed by atoms with Crippen molar-refractivity contribution in [3.05, 3.63) is 59.4 Å². The van der Waals surface area contributed by atoms with Crippen molar-refractivity contribution in [1.29, 1.82) is 0 Å². The average Bonchev–Trinajstić information content (AvgIpc) is 3.11. The van der Waals surface area contributed by atoms with Crippen molar-refractivity contribution in [3.63, 3.8) is 0 Å². The number of methoxy groups -OCH3 is 1. The highest BCUT2D eigenvalue weighted by Gasteiger charge is 2.19. The van der Waals surface area contributed by atoms with Crippen molar-refractivity contribution in [1.82, 2.24) is 0 Å². The summed E-state index contributed by atoms with van der Waals surface area (Å²) < 4.78 is 42.9. The number of allylic oxidation sites excluding steroid dienone is 2. The zero-order valence-corrected chi connectivity index (χ0v) is 15.2. The summed E-state index contributed by atoms with van der Waals surface area (Å²) >= 11 is 0. The van der Waals surface area contributed by atoms with Crippen LogP contribution in [0.3, 0.4) is 0 Å². The maximum Gasteiger partial charge on any atom is 0.178 e. The Kier molecular flexibility index (Phi) is 4.95. The predicted octanol–water partition coefficient (Wildman–Crippen LogP) is 4.72. The molecule has 0 saturated heterocycles. The third kappa shape index (κ3) is 3.47. The van der Waals surface area contributed by atoms with E-state index < -0.39 is 9.84 Å². The third-order valence-electron chi connectivity index (χ3n) is 4.66. The first-order valence-corrected chi connectivity index (χ1v) is 10.0. The van der Waals surface area contributed by atoms with Gasteiger partial charge in [0.15, 0.2) is 21.4 Å². The van der Waals surface area contributed by atoms with Gasteiger partial charge in [-0.1, -0.05) is 25.1 Å². The predicted molar refractivity (Wildman–Crippen MR) is 97.8 cm³/mol. The lowest BCUT2D eigenvalue weighted by Gasteiger charge is -2.11. The Morgan fingerprint density at radius 2 is 1.60 bits per heavy atom. The van der Waals surface area contributed by atoms with Gasteiger partial charge in [0.2, 0.25) is 0 Å². The number of sulfone groups is 1. The summed E-state index contributed by atoms with van der Waals surface area (Å²) in [5, 5.41) is 0. The maximum absolute atomic E-state index is 14.0. The van der Waals surface area contributed by atoms with Crippen molar-refractivity contribution in [3.8, 4) is 5.75 Å². The van der Waals surface area contributed by atoms with Crippen molar-refractivity contribution >= 4 is 21.0 Å². The second-order valence-electron chi connectivity index (χ2n) is 6.09. The van der Waals surface area contributed by atoms with E-state index in [4.69, 9.17) is 4.74 Å². The van der Waals surface area contributed by atoms with Crippen LogP contribution in [0, 0.1) is 5.82 Å². The number of hydrogen-bond donors (Lipinski definition) is 0. The van der Waals surface area contributed by atoms with Crippen molar-refractivity contribution in [2.24, 2.45) is 0 Å². The summed E-state index contributed by atoms with van der Waals surface area (Å²) in [5.74, 6) is -0.0491. The van der Waals surface area contributed by atoms with Gasteiger partial charge in [0.25, 0.3) is 0 Å². The van der Waals surface area contributed by atoms with Crippen LogP contribution in [-0.2, 0) is 9.84 Å². The number of hydrogen-bond acceptors (Lipinski definition) is 3. The molecule has 3 rings (SSSR count). The van der Waals surface area contributed by atoms with E-state index in [2.05, 4.69) is 0 Å². The molecule has 2 aromatic rings. The molecule has 0 saturated carbocycles. The van der Waals surface area contributed by atoms with Crippen molar-refractivity contribution in [2.75, 3.05) is 12.9 Å². The zero-order chi connectivity index (χ0) is 18.0. The maximum atomic E-state index is 14.0. The molecule has 0 bridgehead atoms. The van der Waals surface area contributed by atoms with E-state index in [-0.39, 0.29) is 17.3 Å². The summed E-state index contributed by atoms with van der Waals surface area (Å²) in [6, 6.07) is 12.0. The molecule has 0 N–H and O–H groups in total. The monoisotopic (exact) mass is 360 g/mol. The van der Waals surface area contributed by atoms with Crippen LogP contribution in [-0.4, -0.2) is 21.3 Å². The number of benzene rings is 2. The standard InChI is InChI=1S/C20H21FO3S/c1-3-25(22,23)16-10-7-14(8-11-16)17-5-4-6-18(17)15-9-12-20(24-2)19(21)13-15/h7-13H,3-6H2,1-2H3. The Labute approximate surface area is 148 Å². The molecule has 3 nitrogen and oxygen atoms in total. The van der Waals surface area contributed by atoms with Gasteiger partial charge < -0.3 is 4.74 Å². The summed E-state index contributed by atoms with van der Waals surface area (Å²) in [4.78, 5) is 0.342. The van der Waals surface area contributed by atoms with Crippen LogP contribution in [0.2, 0.25) is 0 Å². The molecule has 25 heavy (non-hydrogen) atoms. The highest BCUT2D eigenvalue weighted by atomic mass is 32.2. The Balaban J connectivity index is 2.00. The van der Waals surface area contributed by atoms with Crippen LogP contribution in [0.25, 0.3) is 11.1 Å². The molecule has 1 aliphatic carbocycles. The van der Waals surface area contributed by atoms with E-state index in [1.54, 1.807) is 25.1 Å². The van der Waals surface area contributed by atoms with Gasteiger partial charge >= 0.3 is 0 Å². The molecule has 2 aromatic carbocycles. The van der Waals surface area contributed by atoms with E-state index in [1.165, 1.54) is 13.2 Å². The molecular weight excluding hydrogens is 339 g/mol. The van der Waals surface area contributed by atoms with Gasteiger partial charge in [-0.3, -0.25) is 0 Å². The molecule has 0 aromatic heterocycles. The Morgan fingerprint density at radius 1 is 1.00 bits per heavy atom. The third-order valence-corrected chi connectivity index (χ3v) is 6.41. The van der Waals surface area contributed by atoms with Crippen LogP contribution in [0.1, 0.15) is 37.3 Å². The Bertz CT molecular complexity index is 912. The molecule has 0 spiro atoms. The van der Waals surface area contributed by atoms with Gasteiger partial charge in [0, 0.05) is 0 Å². The molecular formula is C20H21FO3S. The smallest absolute Gasteiger partial charge is 0.178 e. The minimum Gasteiger partial charge on any atom is -0.494 e. The van der Waals surface area contributed by atoms with Crippen LogP contribution < -0.4 is 4.74 Å². The second-order valence-corrected chi connectivity index (χ2v) is 8.37. The molecule has 0 amide bonds. The van der Waals surface area contributed by atoms with Crippen LogP contribution in [0.15, 0.2) is 47.4 Å². The van der Waals surface area contributed by atoms with Gasteiger partial charge in [0.1, 0.15) is 0 Å². The van der Waals surface area contributed by atoms with E-state index in [0.717, 1.165) is 41.5 Å². The molecule has 0 heterocycles. The van der Waals surface area contributed by atoms with Crippen LogP contribution in [0.4, 0.5) is 4.39 Å². The van der Waals surface area contributed by atoms with E-state index >= 15 is 0 Å². The highest BCUT2D eigenvalue weighted by molar-refractivity contribution is 7.91. The summed E-state index contributed by atoms with van der Waals surface area (Å²) in [6.07, 6.45) is 2.80. The van der Waals surface area contributed by atoms with Crippen molar-refractivity contribution < 1.29 is 17.5 Å². The van der Waals surface area contributed by atoms with Gasteiger partial charge in [-0.15, -0.1) is 0 Å². The van der Waals surface area contributed by atoms with Gasteiger partial charge in [-0.25, -0.2) is 12.8 Å². The molecule has 0 aliphatic heterocycles. The second kappa shape index (κ2) is 7.00. The average molecular weight is 360 g/mol. The van der Waals surface area contributed by atoms with Gasteiger partial charge in [-0.05, 0) is 65.8 Å². The largest absolute Gasteiger partial charge is 0.494 e. The minimum absolute atomic E-state index is 0.0887. The SMILES string of the molecule is CCS(=O)(=O)c1ccc(C2=C(c3ccc(OC)c(F)c3)CCC2)cc1. The zero-order valence-electron chi connectivity index (χ0n) is 14.4. The molecule has 1 aliphatic rings. The molecule has 0 unspecified atom stereocenters. The normalized spacial score (nSPS) is 14.8. The van der Waals surface area contributed by atoms with E-state index in [9.17, 15) is 12.8 Å². The molecule has 5 heteroatoms. The Morgan fingerprint density at radius 3 is 2.16 bits per heavy atom. The van der Waals surface area contributed by atoms with Gasteiger partial charge in [-0.2, -0.15) is 0 Å². The lowest BCUT2D eigenvalue weighted by atomic mass is 9.97. The quantitative estimate of drug-likeness (QED) is 0.775. The number of rotatable bonds is 5. The van der Waals surface area contributed by atoms with E-state index in [1.807, 2.05) is 18.2 Å². The van der Waals surface area contributed by atoms with Crippen LogP contribution >= 0.6 is 0 Å². The summed E-state index contributed by atoms with van der Waals surface area (Å²) in [7, 11) is -1.75. The van der Waals surface area contributed by atoms with Crippen molar-refractivity contribution in [2.45, 2.75) is 31.1 Å². The first-order chi connectivity index (χ1) is 12.0. The fourth-order valence-corrected chi connectivity index (χ4v) is 4.15. The summed E-state index contributed by atoms with van der Waals surface area (Å²) in [6.45, 7) is 1.64. The first kappa shape index (κ1) is 17.7. The molecule has 0 fully saturated rings. The first-order valence-electron chi connectivity index (χ1n) is 8.35. The highest BCUT2D eigenvalue weighted by Crippen LogP contribution is 2.40. The fraction of sp³-hybridized carbons (Fsp3) is 0.300. The topological polar surface area (TPSA) is 43.4 Å².